The SMILES string of the molecule is CC(C)(CS)c1ccc(Br)cc1. The molecule has 0 saturated carbocycles. The maximum absolute atomic E-state index is 4.33. The molecule has 0 atom stereocenters. The largest absolute Gasteiger partial charge is 0.178 e. The van der Waals surface area contributed by atoms with Crippen LogP contribution in [0.5, 0.6) is 0 Å². The Bertz CT molecular complexity index is 251. The zero-order valence-corrected chi connectivity index (χ0v) is 9.82. The monoisotopic (exact) mass is 244 g/mol. The summed E-state index contributed by atoms with van der Waals surface area (Å²) >= 11 is 7.74. The van der Waals surface area contributed by atoms with Crippen LogP contribution in [0, 0.1) is 0 Å². The van der Waals surface area contributed by atoms with Gasteiger partial charge in [0.15, 0.2) is 0 Å². The Balaban J connectivity index is 2.96. The Morgan fingerprint density at radius 2 is 1.75 bits per heavy atom. The van der Waals surface area contributed by atoms with Crippen LogP contribution < -0.4 is 0 Å². The summed E-state index contributed by atoms with van der Waals surface area (Å²) in [6.45, 7) is 4.40. The van der Waals surface area contributed by atoms with Crippen LogP contribution in [-0.2, 0) is 5.41 Å². The van der Waals surface area contributed by atoms with Gasteiger partial charge in [0.1, 0.15) is 0 Å². The van der Waals surface area contributed by atoms with Crippen LogP contribution in [0.2, 0.25) is 0 Å². The first-order chi connectivity index (χ1) is 5.56. The molecule has 0 aromatic heterocycles. The molecular weight excluding hydrogens is 232 g/mol. The third-order valence-electron chi connectivity index (χ3n) is 2.02. The van der Waals surface area contributed by atoms with Crippen molar-refractivity contribution in [2.75, 3.05) is 5.75 Å². The summed E-state index contributed by atoms with van der Waals surface area (Å²) in [5, 5.41) is 0. The topological polar surface area (TPSA) is 0 Å². The summed E-state index contributed by atoms with van der Waals surface area (Å²) in [6, 6.07) is 8.42. The molecular formula is C10H13BrS. The molecule has 0 aliphatic rings. The summed E-state index contributed by atoms with van der Waals surface area (Å²) in [4.78, 5) is 0. The Hall–Kier alpha value is 0.0500. The van der Waals surface area contributed by atoms with Gasteiger partial charge in [-0.05, 0) is 28.9 Å². The zero-order valence-electron chi connectivity index (χ0n) is 7.34. The van der Waals surface area contributed by atoms with Crippen molar-refractivity contribution in [3.8, 4) is 0 Å². The fourth-order valence-corrected chi connectivity index (χ4v) is 1.44. The van der Waals surface area contributed by atoms with E-state index in [-0.39, 0.29) is 5.41 Å². The van der Waals surface area contributed by atoms with E-state index >= 15 is 0 Å². The second kappa shape index (κ2) is 3.84. The molecule has 1 rings (SSSR count). The first kappa shape index (κ1) is 10.1. The normalized spacial score (nSPS) is 11.7. The molecule has 0 saturated heterocycles. The van der Waals surface area contributed by atoms with Crippen molar-refractivity contribution in [2.45, 2.75) is 19.3 Å². The van der Waals surface area contributed by atoms with Gasteiger partial charge in [-0.2, -0.15) is 12.6 Å². The van der Waals surface area contributed by atoms with E-state index in [0.717, 1.165) is 10.2 Å². The fourth-order valence-electron chi connectivity index (χ4n) is 0.992. The number of halogens is 1. The molecule has 0 amide bonds. The summed E-state index contributed by atoms with van der Waals surface area (Å²) in [6.07, 6.45) is 0. The van der Waals surface area contributed by atoms with E-state index in [1.807, 2.05) is 0 Å². The van der Waals surface area contributed by atoms with Gasteiger partial charge in [-0.1, -0.05) is 41.9 Å². The molecule has 0 N–H and O–H groups in total. The van der Waals surface area contributed by atoms with Crippen LogP contribution >= 0.6 is 28.6 Å². The average Bonchev–Trinajstić information content (AvgIpc) is 2.05. The molecule has 2 heteroatoms. The number of hydrogen-bond acceptors (Lipinski definition) is 1. The van der Waals surface area contributed by atoms with Crippen molar-refractivity contribution in [3.63, 3.8) is 0 Å². The van der Waals surface area contributed by atoms with Gasteiger partial charge in [-0.15, -0.1) is 0 Å². The van der Waals surface area contributed by atoms with Gasteiger partial charge in [0, 0.05) is 4.47 Å². The predicted octanol–water partition coefficient (Wildman–Crippen LogP) is 3.66. The number of hydrogen-bond donors (Lipinski definition) is 1. The van der Waals surface area contributed by atoms with E-state index in [9.17, 15) is 0 Å². The smallest absolute Gasteiger partial charge is 0.0175 e. The highest BCUT2D eigenvalue weighted by molar-refractivity contribution is 9.10. The maximum Gasteiger partial charge on any atom is 0.0175 e. The van der Waals surface area contributed by atoms with Gasteiger partial charge >= 0.3 is 0 Å². The molecule has 0 radical (unpaired) electrons. The summed E-state index contributed by atoms with van der Waals surface area (Å²) < 4.78 is 1.13. The molecule has 0 bridgehead atoms. The van der Waals surface area contributed by atoms with Gasteiger partial charge in [-0.3, -0.25) is 0 Å². The number of thiol groups is 1. The average molecular weight is 245 g/mol. The molecule has 0 heterocycles. The van der Waals surface area contributed by atoms with Crippen LogP contribution in [0.3, 0.4) is 0 Å². The van der Waals surface area contributed by atoms with Crippen LogP contribution in [0.15, 0.2) is 28.7 Å². The summed E-state index contributed by atoms with van der Waals surface area (Å²) in [7, 11) is 0. The lowest BCUT2D eigenvalue weighted by Gasteiger charge is -2.22. The fraction of sp³-hybridized carbons (Fsp3) is 0.400. The van der Waals surface area contributed by atoms with Crippen LogP contribution in [0.4, 0.5) is 0 Å². The Kier molecular flexibility index (Phi) is 3.24. The van der Waals surface area contributed by atoms with Crippen LogP contribution in [0.25, 0.3) is 0 Å². The zero-order chi connectivity index (χ0) is 9.19. The second-order valence-electron chi connectivity index (χ2n) is 3.55. The van der Waals surface area contributed by atoms with Gasteiger partial charge < -0.3 is 0 Å². The molecule has 0 nitrogen and oxygen atoms in total. The Morgan fingerprint density at radius 3 is 2.17 bits per heavy atom. The van der Waals surface area contributed by atoms with Crippen LogP contribution in [-0.4, -0.2) is 5.75 Å². The third kappa shape index (κ3) is 2.27. The van der Waals surface area contributed by atoms with Crippen molar-refractivity contribution in [2.24, 2.45) is 0 Å². The summed E-state index contributed by atoms with van der Waals surface area (Å²) in [5.41, 5.74) is 1.50. The van der Waals surface area contributed by atoms with Crippen molar-refractivity contribution >= 4 is 28.6 Å². The van der Waals surface area contributed by atoms with Gasteiger partial charge in [0.2, 0.25) is 0 Å². The predicted molar refractivity (Wildman–Crippen MR) is 61.0 cm³/mol. The van der Waals surface area contributed by atoms with E-state index < -0.39 is 0 Å². The summed E-state index contributed by atoms with van der Waals surface area (Å²) in [5.74, 6) is 0.870. The molecule has 1 aromatic rings. The van der Waals surface area contributed by atoms with Crippen LogP contribution in [0.1, 0.15) is 19.4 Å². The quantitative estimate of drug-likeness (QED) is 0.755. The number of rotatable bonds is 2. The lowest BCUT2D eigenvalue weighted by Crippen LogP contribution is -2.18. The first-order valence-electron chi connectivity index (χ1n) is 3.93. The van der Waals surface area contributed by atoms with Crippen molar-refractivity contribution < 1.29 is 0 Å². The number of benzene rings is 1. The molecule has 0 aliphatic carbocycles. The van der Waals surface area contributed by atoms with E-state index in [1.165, 1.54) is 5.56 Å². The standard InChI is InChI=1S/C10H13BrS/c1-10(2,7-12)8-3-5-9(11)6-4-8/h3-6,12H,7H2,1-2H3. The molecule has 66 valence electrons. The van der Waals surface area contributed by atoms with E-state index in [0.29, 0.717) is 0 Å². The minimum Gasteiger partial charge on any atom is -0.178 e. The van der Waals surface area contributed by atoms with Crippen molar-refractivity contribution in [1.29, 1.82) is 0 Å². The van der Waals surface area contributed by atoms with Crippen molar-refractivity contribution in [3.05, 3.63) is 34.3 Å². The molecule has 0 unspecified atom stereocenters. The minimum absolute atomic E-state index is 0.170. The Labute approximate surface area is 87.9 Å². The van der Waals surface area contributed by atoms with E-state index in [2.05, 4.69) is 66.7 Å². The van der Waals surface area contributed by atoms with E-state index in [1.54, 1.807) is 0 Å². The van der Waals surface area contributed by atoms with Gasteiger partial charge in [0.25, 0.3) is 0 Å². The molecule has 12 heavy (non-hydrogen) atoms. The lowest BCUT2D eigenvalue weighted by molar-refractivity contribution is 0.604. The van der Waals surface area contributed by atoms with E-state index in [4.69, 9.17) is 0 Å². The molecule has 0 aliphatic heterocycles. The Morgan fingerprint density at radius 1 is 1.25 bits per heavy atom. The maximum atomic E-state index is 4.33. The highest BCUT2D eigenvalue weighted by atomic mass is 79.9. The lowest BCUT2D eigenvalue weighted by atomic mass is 9.87. The minimum atomic E-state index is 0.170. The second-order valence-corrected chi connectivity index (χ2v) is 4.78. The molecule has 1 aromatic carbocycles. The van der Waals surface area contributed by atoms with Gasteiger partial charge in [-0.25, -0.2) is 0 Å². The molecule has 0 fully saturated rings. The first-order valence-corrected chi connectivity index (χ1v) is 5.36. The molecule has 0 spiro atoms. The van der Waals surface area contributed by atoms with Gasteiger partial charge in [0.05, 0.1) is 0 Å². The van der Waals surface area contributed by atoms with Crippen molar-refractivity contribution in [1.82, 2.24) is 0 Å². The highest BCUT2D eigenvalue weighted by Gasteiger charge is 2.17. The third-order valence-corrected chi connectivity index (χ3v) is 3.34. The highest BCUT2D eigenvalue weighted by Crippen LogP contribution is 2.25.